The van der Waals surface area contributed by atoms with E-state index in [0.29, 0.717) is 0 Å². The van der Waals surface area contributed by atoms with Gasteiger partial charge in [-0.3, -0.25) is 14.3 Å². The Kier molecular flexibility index (Phi) is 15.2. The number of rotatable bonds is 6. The Morgan fingerprint density at radius 3 is 2.29 bits per heavy atom. The van der Waals surface area contributed by atoms with Crippen molar-refractivity contribution >= 4 is 27.4 Å². The SMILES string of the molecule is O=c1ccn([C@@H]2O[C@H](COP(=O)([O-])CP(=O)([O-])[O-])[C@@H](O)[C@@H]2O)c(=S)[nH]1.[Na+].[Na+].[Na+]. The molecule has 1 aliphatic rings. The van der Waals surface area contributed by atoms with Crippen LogP contribution in [0, 0.1) is 4.77 Å². The molecule has 2 rings (SSSR count). The fraction of sp³-hybridized carbons (Fsp3) is 0.600. The molecule has 1 fully saturated rings. The summed E-state index contributed by atoms with van der Waals surface area (Å²) >= 11 is 4.90. The summed E-state index contributed by atoms with van der Waals surface area (Å²) in [6, 6.07) is 1.09. The minimum absolute atomic E-state index is 0. The van der Waals surface area contributed by atoms with Gasteiger partial charge in [-0.15, -0.1) is 0 Å². The molecule has 28 heavy (non-hydrogen) atoms. The molecule has 0 aliphatic carbocycles. The van der Waals surface area contributed by atoms with Crippen LogP contribution in [0.2, 0.25) is 0 Å². The van der Waals surface area contributed by atoms with Crippen molar-refractivity contribution in [3.05, 3.63) is 27.4 Å². The summed E-state index contributed by atoms with van der Waals surface area (Å²) in [7, 11) is -10.4. The number of aliphatic hydroxyl groups excluding tert-OH is 2. The van der Waals surface area contributed by atoms with Crippen LogP contribution in [0.5, 0.6) is 0 Å². The average Bonchev–Trinajstić information content (AvgIpc) is 2.71. The molecule has 12 nitrogen and oxygen atoms in total. The molecule has 0 amide bonds. The van der Waals surface area contributed by atoms with Crippen LogP contribution >= 0.6 is 27.4 Å². The van der Waals surface area contributed by atoms with Gasteiger partial charge in [-0.2, -0.15) is 0 Å². The van der Waals surface area contributed by atoms with E-state index in [1.54, 1.807) is 0 Å². The summed E-state index contributed by atoms with van der Waals surface area (Å²) in [5.41, 5.74) is -0.499. The van der Waals surface area contributed by atoms with Gasteiger partial charge < -0.3 is 43.3 Å². The van der Waals surface area contributed by atoms with E-state index in [1.807, 2.05) is 0 Å². The van der Waals surface area contributed by atoms with Crippen molar-refractivity contribution in [2.24, 2.45) is 0 Å². The number of hydrogen-bond acceptors (Lipinski definition) is 11. The van der Waals surface area contributed by atoms with E-state index in [2.05, 4.69) is 9.51 Å². The van der Waals surface area contributed by atoms with Crippen LogP contribution in [0.1, 0.15) is 6.23 Å². The Morgan fingerprint density at radius 1 is 1.21 bits per heavy atom. The standard InChI is InChI=1S/C10H16N2O10P2S.3Na/c13-6-1-2-12(10(25)11-6)9-8(15)7(14)5(22-9)3-21-24(19,20)4-23(16,17)18;;;/h1-2,5,7-9,14-15H,3-4H2,(H,19,20)(H,11,13,25)(H2,16,17,18);;;/q;3*+1/p-3/t5-,7-,8+,9-;;;/m1.../s1. The smallest absolute Gasteiger partial charge is 0.810 e. The molecule has 1 aliphatic heterocycles. The van der Waals surface area contributed by atoms with E-state index in [9.17, 15) is 38.8 Å². The maximum Gasteiger partial charge on any atom is 1.00 e. The first-order chi connectivity index (χ1) is 11.4. The van der Waals surface area contributed by atoms with E-state index in [1.165, 1.54) is 6.20 Å². The van der Waals surface area contributed by atoms with Crippen molar-refractivity contribution in [1.82, 2.24) is 9.55 Å². The zero-order valence-electron chi connectivity index (χ0n) is 15.3. The van der Waals surface area contributed by atoms with Crippen molar-refractivity contribution in [3.63, 3.8) is 0 Å². The van der Waals surface area contributed by atoms with Crippen LogP contribution in [0.15, 0.2) is 17.1 Å². The van der Waals surface area contributed by atoms with E-state index in [0.717, 1.165) is 10.6 Å². The third kappa shape index (κ3) is 9.41. The van der Waals surface area contributed by atoms with Crippen molar-refractivity contribution in [3.8, 4) is 0 Å². The number of aromatic nitrogens is 2. The molecule has 0 aromatic carbocycles. The molecule has 0 saturated carbocycles. The Balaban J connectivity index is 0. The second-order valence-corrected chi connectivity index (χ2v) is 9.44. The van der Waals surface area contributed by atoms with Crippen LogP contribution < -0.4 is 109 Å². The normalized spacial score (nSPS) is 26.3. The summed E-state index contributed by atoms with van der Waals surface area (Å²) in [5.74, 6) is -1.72. The largest absolute Gasteiger partial charge is 1.00 e. The average molecular weight is 484 g/mol. The Hall–Kier alpha value is 2.28. The van der Waals surface area contributed by atoms with E-state index < -0.39 is 57.8 Å². The molecule has 18 heteroatoms. The fourth-order valence-corrected chi connectivity index (χ4v) is 4.83. The second kappa shape index (κ2) is 13.1. The Bertz CT molecular complexity index is 847. The van der Waals surface area contributed by atoms with Crippen LogP contribution in [-0.4, -0.2) is 50.6 Å². The molecule has 1 saturated heterocycles. The predicted molar refractivity (Wildman–Crippen MR) is 77.8 cm³/mol. The van der Waals surface area contributed by atoms with Gasteiger partial charge in [0.05, 0.1) is 6.61 Å². The molecule has 1 aromatic heterocycles. The third-order valence-corrected chi connectivity index (χ3v) is 6.87. The molecule has 0 radical (unpaired) electrons. The molecule has 142 valence electrons. The number of aliphatic hydroxyl groups is 2. The first kappa shape index (κ1) is 32.5. The number of ether oxygens (including phenoxy) is 1. The number of nitrogens with one attached hydrogen (secondary N) is 1. The zero-order valence-corrected chi connectivity index (χ0v) is 23.9. The van der Waals surface area contributed by atoms with E-state index in [-0.39, 0.29) is 93.4 Å². The number of aromatic amines is 1. The van der Waals surface area contributed by atoms with Gasteiger partial charge in [0.2, 0.25) is 0 Å². The minimum Gasteiger partial charge on any atom is -0.810 e. The molecular weight excluding hydrogens is 471 g/mol. The maximum absolute atomic E-state index is 11.4. The van der Waals surface area contributed by atoms with Crippen molar-refractivity contribution in [2.45, 2.75) is 24.5 Å². The molecule has 1 aromatic rings. The number of H-pyrrole nitrogens is 1. The molecule has 1 unspecified atom stereocenters. The Labute approximate surface area is 230 Å². The summed E-state index contributed by atoms with van der Waals surface area (Å²) in [6.07, 6.45) is -4.53. The van der Waals surface area contributed by atoms with Crippen LogP contribution in [0.4, 0.5) is 0 Å². The van der Waals surface area contributed by atoms with Crippen LogP contribution in [0.3, 0.4) is 0 Å². The van der Waals surface area contributed by atoms with E-state index >= 15 is 0 Å². The van der Waals surface area contributed by atoms with Crippen LogP contribution in [0.25, 0.3) is 0 Å². The van der Waals surface area contributed by atoms with Gasteiger partial charge in [-0.1, -0.05) is 7.60 Å². The summed E-state index contributed by atoms with van der Waals surface area (Å²) in [6.45, 7) is -0.827. The molecule has 0 bridgehead atoms. The Morgan fingerprint density at radius 2 is 1.79 bits per heavy atom. The number of hydrogen-bond donors (Lipinski definition) is 3. The molecular formula is C10H13N2Na3O10P2S. The second-order valence-electron chi connectivity index (χ2n) is 5.22. The topological polar surface area (TPSA) is 200 Å². The van der Waals surface area contributed by atoms with Crippen molar-refractivity contribution in [2.75, 3.05) is 12.5 Å². The number of nitrogens with zero attached hydrogens (tertiary/aromatic N) is 1. The van der Waals surface area contributed by atoms with Crippen LogP contribution in [-0.2, 0) is 18.4 Å². The maximum atomic E-state index is 11.4. The van der Waals surface area contributed by atoms with Gasteiger partial charge in [0, 0.05) is 18.2 Å². The quantitative estimate of drug-likeness (QED) is 0.197. The van der Waals surface area contributed by atoms with Gasteiger partial charge in [-0.25, -0.2) is 0 Å². The monoisotopic (exact) mass is 484 g/mol. The molecule has 0 spiro atoms. The van der Waals surface area contributed by atoms with Gasteiger partial charge in [0.1, 0.15) is 25.9 Å². The zero-order chi connectivity index (χ0) is 19.0. The molecule has 3 N–H and O–H groups in total. The first-order valence-corrected chi connectivity index (χ1v) is 10.5. The van der Waals surface area contributed by atoms with Gasteiger partial charge >= 0.3 is 88.7 Å². The summed E-state index contributed by atoms with van der Waals surface area (Å²) in [4.78, 5) is 45.9. The van der Waals surface area contributed by atoms with Gasteiger partial charge in [0.25, 0.3) is 5.56 Å². The minimum atomic E-state index is -5.35. The van der Waals surface area contributed by atoms with Crippen molar-refractivity contribution < 1.29 is 132 Å². The first-order valence-electron chi connectivity index (χ1n) is 6.68. The fourth-order valence-electron chi connectivity index (χ4n) is 2.16. The summed E-state index contributed by atoms with van der Waals surface area (Å²) in [5, 5.41) is 19.9. The third-order valence-electron chi connectivity index (χ3n) is 3.24. The van der Waals surface area contributed by atoms with Gasteiger partial charge in [-0.05, 0) is 12.2 Å². The summed E-state index contributed by atoms with van der Waals surface area (Å²) < 4.78 is 32.6. The van der Waals surface area contributed by atoms with Crippen molar-refractivity contribution in [1.29, 1.82) is 0 Å². The molecule has 5 atom stereocenters. The van der Waals surface area contributed by atoms with E-state index in [4.69, 9.17) is 17.0 Å². The predicted octanol–water partition coefficient (Wildman–Crippen LogP) is -12.0. The molecule has 2 heterocycles. The van der Waals surface area contributed by atoms with Gasteiger partial charge in [0.15, 0.2) is 11.0 Å².